The Morgan fingerprint density at radius 1 is 1.07 bits per heavy atom. The molecule has 0 radical (unpaired) electrons. The van der Waals surface area contributed by atoms with Gasteiger partial charge in [-0.15, -0.1) is 11.3 Å². The molecule has 40 heavy (non-hydrogen) atoms. The molecule has 1 amide bonds. The molecule has 0 spiro atoms. The topological polar surface area (TPSA) is 109 Å². The van der Waals surface area contributed by atoms with Gasteiger partial charge in [0.2, 0.25) is 6.79 Å². The van der Waals surface area contributed by atoms with Crippen LogP contribution in [-0.2, 0) is 22.9 Å². The van der Waals surface area contributed by atoms with Crippen molar-refractivity contribution in [1.82, 2.24) is 0 Å². The predicted molar refractivity (Wildman–Crippen MR) is 153 cm³/mol. The molecule has 4 aromatic rings. The van der Waals surface area contributed by atoms with Crippen LogP contribution in [-0.4, -0.2) is 27.7 Å². The molecule has 2 aliphatic rings. The number of amides is 1. The number of anilines is 2. The van der Waals surface area contributed by atoms with Gasteiger partial charge < -0.3 is 14.8 Å². The Morgan fingerprint density at radius 2 is 1.85 bits per heavy atom. The minimum Gasteiger partial charge on any atom is -0.454 e. The number of para-hydroxylation sites is 1. The van der Waals surface area contributed by atoms with E-state index in [-0.39, 0.29) is 11.7 Å². The fourth-order valence-corrected chi connectivity index (χ4v) is 7.74. The largest absolute Gasteiger partial charge is 0.454 e. The maximum atomic E-state index is 13.4. The van der Waals surface area contributed by atoms with Gasteiger partial charge in [0, 0.05) is 23.4 Å². The molecule has 3 heterocycles. The van der Waals surface area contributed by atoms with Crippen LogP contribution < -0.4 is 19.1 Å². The van der Waals surface area contributed by atoms with Crippen LogP contribution in [0, 0.1) is 18.3 Å². The fourth-order valence-electron chi connectivity index (χ4n) is 5.02. The van der Waals surface area contributed by atoms with Crippen LogP contribution in [0.1, 0.15) is 43.9 Å². The number of rotatable bonds is 6. The second-order valence-electron chi connectivity index (χ2n) is 9.62. The number of hydrogen-bond acceptors (Lipinski definition) is 7. The highest BCUT2D eigenvalue weighted by atomic mass is 32.2. The number of sulfonamides is 1. The lowest BCUT2D eigenvalue weighted by molar-refractivity contribution is 0.102. The fraction of sp³-hybridized carbons (Fsp3) is 0.200. The van der Waals surface area contributed by atoms with Crippen molar-refractivity contribution in [2.75, 3.05) is 23.0 Å². The molecule has 0 atom stereocenters. The molecule has 202 valence electrons. The number of carbonyl (C=O) groups is 1. The van der Waals surface area contributed by atoms with Crippen molar-refractivity contribution < 1.29 is 22.7 Å². The summed E-state index contributed by atoms with van der Waals surface area (Å²) >= 11 is 1.35. The standard InChI is InChI=1S/C30H25N3O5S2/c1-19-24(17-31)30(39-28(19)16-20-8-13-26-27(15-20)38-18-37-26)32-29(34)22-9-11-23(12-10-22)40(35,36)33-14-4-6-21-5-2-3-7-25(21)33/h2-3,5,7-13,15H,4,6,14,16,18H2,1H3,(H,32,34). The highest BCUT2D eigenvalue weighted by Gasteiger charge is 2.29. The van der Waals surface area contributed by atoms with Gasteiger partial charge in [-0.3, -0.25) is 9.10 Å². The highest BCUT2D eigenvalue weighted by Crippen LogP contribution is 2.37. The second kappa shape index (κ2) is 10.3. The van der Waals surface area contributed by atoms with Crippen molar-refractivity contribution in [3.05, 3.63) is 99.4 Å². The van der Waals surface area contributed by atoms with Crippen molar-refractivity contribution in [2.45, 2.75) is 31.1 Å². The Balaban J connectivity index is 1.20. The summed E-state index contributed by atoms with van der Waals surface area (Å²) in [4.78, 5) is 14.2. The Hall–Kier alpha value is -4.33. The van der Waals surface area contributed by atoms with E-state index in [4.69, 9.17) is 9.47 Å². The number of nitrogens with one attached hydrogen (secondary N) is 1. The number of aryl methyl sites for hydroxylation is 1. The number of ether oxygens (including phenoxy) is 2. The Morgan fingerprint density at radius 3 is 2.65 bits per heavy atom. The Kier molecular flexibility index (Phi) is 6.70. The lowest BCUT2D eigenvalue weighted by Gasteiger charge is -2.30. The van der Waals surface area contributed by atoms with Gasteiger partial charge in [0.1, 0.15) is 11.1 Å². The second-order valence-corrected chi connectivity index (χ2v) is 12.6. The van der Waals surface area contributed by atoms with Gasteiger partial charge in [-0.05, 0) is 78.9 Å². The van der Waals surface area contributed by atoms with E-state index < -0.39 is 15.9 Å². The highest BCUT2D eigenvalue weighted by molar-refractivity contribution is 7.92. The summed E-state index contributed by atoms with van der Waals surface area (Å²) in [5.74, 6) is 0.979. The van der Waals surface area contributed by atoms with E-state index in [2.05, 4.69) is 11.4 Å². The van der Waals surface area contributed by atoms with E-state index in [0.29, 0.717) is 46.3 Å². The zero-order valence-corrected chi connectivity index (χ0v) is 23.3. The third-order valence-corrected chi connectivity index (χ3v) is 10.2. The van der Waals surface area contributed by atoms with Gasteiger partial charge in [-0.1, -0.05) is 24.3 Å². The summed E-state index contributed by atoms with van der Waals surface area (Å²) in [6.45, 7) is 2.47. The minimum atomic E-state index is -3.78. The molecular formula is C30H25N3O5S2. The zero-order valence-electron chi connectivity index (χ0n) is 21.6. The van der Waals surface area contributed by atoms with Crippen LogP contribution >= 0.6 is 11.3 Å². The molecule has 8 nitrogen and oxygen atoms in total. The van der Waals surface area contributed by atoms with E-state index in [0.717, 1.165) is 34.4 Å². The molecule has 2 aliphatic heterocycles. The molecule has 6 rings (SSSR count). The van der Waals surface area contributed by atoms with Crippen LogP contribution in [0.15, 0.2) is 71.6 Å². The lowest BCUT2D eigenvalue weighted by Crippen LogP contribution is -2.35. The van der Waals surface area contributed by atoms with Crippen LogP contribution in [0.3, 0.4) is 0 Å². The summed E-state index contributed by atoms with van der Waals surface area (Å²) < 4.78 is 39.2. The van der Waals surface area contributed by atoms with Gasteiger partial charge in [-0.25, -0.2) is 8.42 Å². The SMILES string of the molecule is Cc1c(Cc2ccc3c(c2)OCO3)sc(NC(=O)c2ccc(S(=O)(=O)N3CCCc4ccccc43)cc2)c1C#N. The third kappa shape index (κ3) is 4.68. The molecule has 10 heteroatoms. The molecule has 0 saturated heterocycles. The normalized spacial score (nSPS) is 13.9. The number of benzene rings is 3. The van der Waals surface area contributed by atoms with Crippen molar-refractivity contribution in [3.8, 4) is 17.6 Å². The van der Waals surface area contributed by atoms with E-state index >= 15 is 0 Å². The van der Waals surface area contributed by atoms with Crippen molar-refractivity contribution in [1.29, 1.82) is 5.26 Å². The van der Waals surface area contributed by atoms with Crippen molar-refractivity contribution in [2.24, 2.45) is 0 Å². The van der Waals surface area contributed by atoms with Gasteiger partial charge in [0.05, 0.1) is 16.1 Å². The number of thiophene rings is 1. The minimum absolute atomic E-state index is 0.122. The molecule has 0 aliphatic carbocycles. The summed E-state index contributed by atoms with van der Waals surface area (Å²) in [6, 6.07) is 21.4. The quantitative estimate of drug-likeness (QED) is 0.321. The first-order valence-electron chi connectivity index (χ1n) is 12.8. The maximum absolute atomic E-state index is 13.4. The monoisotopic (exact) mass is 571 g/mol. The zero-order chi connectivity index (χ0) is 27.9. The van der Waals surface area contributed by atoms with Gasteiger partial charge in [-0.2, -0.15) is 5.26 Å². The summed E-state index contributed by atoms with van der Waals surface area (Å²) in [5.41, 5.74) is 4.23. The average molecular weight is 572 g/mol. The predicted octanol–water partition coefficient (Wildman–Crippen LogP) is 5.64. The Labute approximate surface area is 236 Å². The van der Waals surface area contributed by atoms with Crippen molar-refractivity contribution >= 4 is 38.0 Å². The molecule has 1 aromatic heterocycles. The third-order valence-electron chi connectivity index (χ3n) is 7.16. The van der Waals surface area contributed by atoms with Crippen LogP contribution in [0.4, 0.5) is 10.7 Å². The average Bonchev–Trinajstić information content (AvgIpc) is 3.56. The molecule has 0 bridgehead atoms. The Bertz CT molecular complexity index is 1770. The molecule has 1 N–H and O–H groups in total. The smallest absolute Gasteiger partial charge is 0.264 e. The summed E-state index contributed by atoms with van der Waals surface area (Å²) in [6.07, 6.45) is 2.16. The lowest BCUT2D eigenvalue weighted by atomic mass is 10.0. The van der Waals surface area contributed by atoms with Crippen molar-refractivity contribution in [3.63, 3.8) is 0 Å². The number of nitrogens with zero attached hydrogens (tertiary/aromatic N) is 2. The van der Waals surface area contributed by atoms with E-state index in [1.54, 1.807) is 0 Å². The molecule has 0 saturated carbocycles. The summed E-state index contributed by atoms with van der Waals surface area (Å²) in [7, 11) is -3.78. The first kappa shape index (κ1) is 25.9. The molecular weight excluding hydrogens is 546 g/mol. The molecule has 3 aromatic carbocycles. The first-order valence-corrected chi connectivity index (χ1v) is 15.0. The molecule has 0 unspecified atom stereocenters. The maximum Gasteiger partial charge on any atom is 0.264 e. The van der Waals surface area contributed by atoms with Crippen LogP contribution in [0.2, 0.25) is 0 Å². The van der Waals surface area contributed by atoms with E-state index in [1.807, 2.05) is 49.4 Å². The van der Waals surface area contributed by atoms with Gasteiger partial charge in [0.25, 0.3) is 15.9 Å². The number of nitriles is 1. The van der Waals surface area contributed by atoms with Gasteiger partial charge >= 0.3 is 0 Å². The van der Waals surface area contributed by atoms with E-state index in [1.165, 1.54) is 39.9 Å². The van der Waals surface area contributed by atoms with E-state index in [9.17, 15) is 18.5 Å². The first-order chi connectivity index (χ1) is 19.3. The number of carbonyl (C=O) groups excluding carboxylic acids is 1. The van der Waals surface area contributed by atoms with Crippen LogP contribution in [0.5, 0.6) is 11.5 Å². The number of fused-ring (bicyclic) bond motifs is 2. The molecule has 0 fully saturated rings. The number of hydrogen-bond donors (Lipinski definition) is 1. The van der Waals surface area contributed by atoms with Crippen LogP contribution in [0.25, 0.3) is 0 Å². The summed E-state index contributed by atoms with van der Waals surface area (Å²) in [5, 5.41) is 13.1. The van der Waals surface area contributed by atoms with Gasteiger partial charge in [0.15, 0.2) is 11.5 Å².